The van der Waals surface area contributed by atoms with Crippen molar-refractivity contribution in [1.82, 2.24) is 15.3 Å². The maximum atomic E-state index is 12.2. The summed E-state index contributed by atoms with van der Waals surface area (Å²) in [6, 6.07) is 9.13. The van der Waals surface area contributed by atoms with Gasteiger partial charge >= 0.3 is 0 Å². The van der Waals surface area contributed by atoms with Gasteiger partial charge in [-0.05, 0) is 29.8 Å². The second kappa shape index (κ2) is 8.30. The molecule has 0 unspecified atom stereocenters. The number of rotatable bonds is 7. The predicted octanol–water partition coefficient (Wildman–Crippen LogP) is 3.23. The van der Waals surface area contributed by atoms with Crippen LogP contribution in [0.3, 0.4) is 0 Å². The highest BCUT2D eigenvalue weighted by atomic mass is 32.1. The molecule has 0 aliphatic carbocycles. The van der Waals surface area contributed by atoms with Gasteiger partial charge in [-0.25, -0.2) is 4.98 Å². The molecule has 134 valence electrons. The summed E-state index contributed by atoms with van der Waals surface area (Å²) in [6.07, 6.45) is 3.38. The molecule has 26 heavy (non-hydrogen) atoms. The number of anilines is 2. The van der Waals surface area contributed by atoms with Crippen LogP contribution in [0.5, 0.6) is 11.5 Å². The van der Waals surface area contributed by atoms with E-state index in [1.54, 1.807) is 38.1 Å². The molecule has 2 aromatic heterocycles. The van der Waals surface area contributed by atoms with Crippen molar-refractivity contribution in [3.05, 3.63) is 59.4 Å². The van der Waals surface area contributed by atoms with Crippen LogP contribution in [0.2, 0.25) is 0 Å². The van der Waals surface area contributed by atoms with Gasteiger partial charge in [0.2, 0.25) is 0 Å². The van der Waals surface area contributed by atoms with Gasteiger partial charge in [-0.15, -0.1) is 11.3 Å². The van der Waals surface area contributed by atoms with Crippen molar-refractivity contribution in [2.24, 2.45) is 0 Å². The zero-order valence-corrected chi connectivity index (χ0v) is 15.2. The molecule has 1 aromatic carbocycles. The highest BCUT2D eigenvalue weighted by Gasteiger charge is 2.12. The van der Waals surface area contributed by atoms with Gasteiger partial charge in [-0.3, -0.25) is 9.78 Å². The number of nitrogens with zero attached hydrogens (tertiary/aromatic N) is 2. The molecule has 0 spiro atoms. The smallest absolute Gasteiger partial charge is 0.271 e. The van der Waals surface area contributed by atoms with E-state index in [-0.39, 0.29) is 5.91 Å². The van der Waals surface area contributed by atoms with Crippen LogP contribution in [-0.4, -0.2) is 30.1 Å². The zero-order valence-electron chi connectivity index (χ0n) is 14.4. The number of carbonyl (C=O) groups is 1. The second-order valence-electron chi connectivity index (χ2n) is 5.27. The van der Waals surface area contributed by atoms with Gasteiger partial charge in [0.1, 0.15) is 17.2 Å². The number of ether oxygens (including phenoxy) is 2. The summed E-state index contributed by atoms with van der Waals surface area (Å²) in [4.78, 5) is 20.5. The third-order valence-corrected chi connectivity index (χ3v) is 4.35. The van der Waals surface area contributed by atoms with Gasteiger partial charge < -0.3 is 20.1 Å². The zero-order chi connectivity index (χ0) is 18.4. The van der Waals surface area contributed by atoms with Gasteiger partial charge in [0, 0.05) is 30.4 Å². The van der Waals surface area contributed by atoms with E-state index in [1.807, 2.05) is 24.3 Å². The fourth-order valence-electron chi connectivity index (χ4n) is 2.23. The summed E-state index contributed by atoms with van der Waals surface area (Å²) in [5.74, 6) is 1.10. The number of hydrogen-bond donors (Lipinski definition) is 2. The minimum atomic E-state index is -0.229. The Kier molecular flexibility index (Phi) is 5.65. The predicted molar refractivity (Wildman–Crippen MR) is 100 cm³/mol. The minimum Gasteiger partial charge on any atom is -0.497 e. The molecule has 0 aliphatic heterocycles. The minimum absolute atomic E-state index is 0.229. The Morgan fingerprint density at radius 1 is 1.15 bits per heavy atom. The number of benzene rings is 1. The Balaban J connectivity index is 1.65. The van der Waals surface area contributed by atoms with E-state index in [0.717, 1.165) is 11.3 Å². The van der Waals surface area contributed by atoms with Crippen LogP contribution in [0.1, 0.15) is 16.1 Å². The van der Waals surface area contributed by atoms with Crippen LogP contribution in [0.4, 0.5) is 10.8 Å². The molecule has 0 fully saturated rings. The van der Waals surface area contributed by atoms with Gasteiger partial charge in [-0.2, -0.15) is 0 Å². The molecule has 1 amide bonds. The lowest BCUT2D eigenvalue weighted by Crippen LogP contribution is -2.23. The van der Waals surface area contributed by atoms with Crippen LogP contribution >= 0.6 is 11.3 Å². The molecular formula is C18H18N4O3S. The topological polar surface area (TPSA) is 85.4 Å². The number of nitrogens with one attached hydrogen (secondary N) is 2. The molecule has 2 N–H and O–H groups in total. The largest absolute Gasteiger partial charge is 0.497 e. The van der Waals surface area contributed by atoms with Crippen molar-refractivity contribution in [2.45, 2.75) is 6.54 Å². The third-order valence-electron chi connectivity index (χ3n) is 3.59. The van der Waals surface area contributed by atoms with Gasteiger partial charge in [-0.1, -0.05) is 0 Å². The number of pyridine rings is 1. The van der Waals surface area contributed by atoms with E-state index in [9.17, 15) is 4.79 Å². The maximum Gasteiger partial charge on any atom is 0.271 e. The molecule has 0 saturated heterocycles. The highest BCUT2D eigenvalue weighted by Crippen LogP contribution is 2.32. The molecule has 3 rings (SSSR count). The van der Waals surface area contributed by atoms with Gasteiger partial charge in [0.15, 0.2) is 5.13 Å². The number of amides is 1. The molecule has 0 radical (unpaired) electrons. The maximum absolute atomic E-state index is 12.2. The number of methoxy groups -OCH3 is 2. The SMILES string of the molecule is COc1ccc(Nc2nc(C(=O)NCc3ccncc3)cs2)c(OC)c1. The highest BCUT2D eigenvalue weighted by molar-refractivity contribution is 7.14. The van der Waals surface area contributed by atoms with E-state index in [0.29, 0.717) is 28.9 Å². The first-order chi connectivity index (χ1) is 12.7. The van der Waals surface area contributed by atoms with E-state index in [4.69, 9.17) is 9.47 Å². The van der Waals surface area contributed by atoms with Crippen molar-refractivity contribution in [1.29, 1.82) is 0 Å². The fourth-order valence-corrected chi connectivity index (χ4v) is 2.93. The lowest BCUT2D eigenvalue weighted by Gasteiger charge is -2.10. The molecule has 0 aliphatic rings. The molecule has 0 bridgehead atoms. The Morgan fingerprint density at radius 2 is 1.96 bits per heavy atom. The molecule has 0 atom stereocenters. The van der Waals surface area contributed by atoms with Crippen LogP contribution in [0.15, 0.2) is 48.1 Å². The average Bonchev–Trinajstić information content (AvgIpc) is 3.16. The summed E-state index contributed by atoms with van der Waals surface area (Å²) in [5.41, 5.74) is 2.08. The summed E-state index contributed by atoms with van der Waals surface area (Å²) in [6.45, 7) is 0.425. The van der Waals surface area contributed by atoms with E-state index in [2.05, 4.69) is 20.6 Å². The van der Waals surface area contributed by atoms with E-state index < -0.39 is 0 Å². The molecule has 8 heteroatoms. The summed E-state index contributed by atoms with van der Waals surface area (Å²) < 4.78 is 10.5. The van der Waals surface area contributed by atoms with Crippen LogP contribution in [-0.2, 0) is 6.54 Å². The summed E-state index contributed by atoms with van der Waals surface area (Å²) >= 11 is 1.34. The first-order valence-electron chi connectivity index (χ1n) is 7.81. The van der Waals surface area contributed by atoms with Crippen LogP contribution in [0, 0.1) is 0 Å². The van der Waals surface area contributed by atoms with Gasteiger partial charge in [0.25, 0.3) is 5.91 Å². The second-order valence-corrected chi connectivity index (χ2v) is 6.13. The summed E-state index contributed by atoms with van der Waals surface area (Å²) in [7, 11) is 3.18. The number of aromatic nitrogens is 2. The first kappa shape index (κ1) is 17.7. The molecule has 3 aromatic rings. The van der Waals surface area contributed by atoms with Crippen molar-refractivity contribution >= 4 is 28.1 Å². The van der Waals surface area contributed by atoms with Crippen LogP contribution in [0.25, 0.3) is 0 Å². The molecule has 7 nitrogen and oxygen atoms in total. The van der Waals surface area contributed by atoms with Crippen molar-refractivity contribution in [3.8, 4) is 11.5 Å². The third kappa shape index (κ3) is 4.28. The van der Waals surface area contributed by atoms with Crippen LogP contribution < -0.4 is 20.1 Å². The standard InChI is InChI=1S/C18H18N4O3S/c1-24-13-3-4-14(16(9-13)25-2)21-18-22-15(11-26-18)17(23)20-10-12-5-7-19-8-6-12/h3-9,11H,10H2,1-2H3,(H,20,23)(H,21,22). The molecular weight excluding hydrogens is 352 g/mol. The summed E-state index contributed by atoms with van der Waals surface area (Å²) in [5, 5.41) is 8.31. The quantitative estimate of drug-likeness (QED) is 0.664. The van der Waals surface area contributed by atoms with E-state index >= 15 is 0 Å². The lowest BCUT2D eigenvalue weighted by molar-refractivity contribution is 0.0946. The normalized spacial score (nSPS) is 10.2. The fraction of sp³-hybridized carbons (Fsp3) is 0.167. The monoisotopic (exact) mass is 370 g/mol. The Hall–Kier alpha value is -3.13. The van der Waals surface area contributed by atoms with Crippen molar-refractivity contribution < 1.29 is 14.3 Å². The number of thiazole rings is 1. The van der Waals surface area contributed by atoms with Crippen molar-refractivity contribution in [3.63, 3.8) is 0 Å². The molecule has 2 heterocycles. The molecule has 0 saturated carbocycles. The lowest BCUT2D eigenvalue weighted by atomic mass is 10.2. The number of carbonyl (C=O) groups excluding carboxylic acids is 1. The Bertz CT molecular complexity index is 883. The van der Waals surface area contributed by atoms with Gasteiger partial charge in [0.05, 0.1) is 19.9 Å². The van der Waals surface area contributed by atoms with Crippen molar-refractivity contribution in [2.75, 3.05) is 19.5 Å². The Labute approximate surface area is 155 Å². The van der Waals surface area contributed by atoms with E-state index in [1.165, 1.54) is 11.3 Å². The number of hydrogen-bond acceptors (Lipinski definition) is 7. The average molecular weight is 370 g/mol. The first-order valence-corrected chi connectivity index (χ1v) is 8.69. The Morgan fingerprint density at radius 3 is 2.69 bits per heavy atom.